The smallest absolute Gasteiger partial charge is 0.227 e. The van der Waals surface area contributed by atoms with Crippen molar-refractivity contribution >= 4 is 23.2 Å². The average molecular weight is 420 g/mol. The number of carbonyl (C=O) groups is 1. The molecule has 4 rings (SSSR count). The molecule has 0 unspecified atom stereocenters. The molecule has 1 saturated carbocycles. The molecule has 8 nitrogen and oxygen atoms in total. The van der Waals surface area contributed by atoms with Gasteiger partial charge in [-0.05, 0) is 49.6 Å². The van der Waals surface area contributed by atoms with E-state index in [2.05, 4.69) is 31.1 Å². The predicted octanol–water partition coefficient (Wildman–Crippen LogP) is 3.11. The van der Waals surface area contributed by atoms with Crippen LogP contribution < -0.4 is 16.0 Å². The number of rotatable bonds is 7. The largest absolute Gasteiger partial charge is 0.357 e. The van der Waals surface area contributed by atoms with E-state index in [1.165, 1.54) is 0 Å². The molecular formula is C23H29N7O. The van der Waals surface area contributed by atoms with Crippen molar-refractivity contribution in [3.05, 3.63) is 60.0 Å². The number of nitrogens with one attached hydrogen (secondary N) is 3. The Labute approximate surface area is 182 Å². The van der Waals surface area contributed by atoms with Crippen molar-refractivity contribution in [1.82, 2.24) is 25.2 Å². The van der Waals surface area contributed by atoms with Crippen LogP contribution in [0.5, 0.6) is 0 Å². The molecule has 0 spiro atoms. The van der Waals surface area contributed by atoms with Crippen LogP contribution in [0, 0.1) is 5.92 Å². The Morgan fingerprint density at radius 2 is 2.00 bits per heavy atom. The maximum Gasteiger partial charge on any atom is 0.227 e. The molecule has 8 heteroatoms. The number of hydrogen-bond acceptors (Lipinski definition) is 4. The SMILES string of the molecule is CCNC(=NCc1cccc(NC(=O)C2CCCC2)c1)NCc1nnc2ccccn12. The van der Waals surface area contributed by atoms with Crippen LogP contribution in [-0.2, 0) is 17.9 Å². The van der Waals surface area contributed by atoms with E-state index in [-0.39, 0.29) is 11.8 Å². The summed E-state index contributed by atoms with van der Waals surface area (Å²) in [6.07, 6.45) is 6.24. The maximum atomic E-state index is 12.4. The highest BCUT2D eigenvalue weighted by molar-refractivity contribution is 5.92. The molecule has 162 valence electrons. The van der Waals surface area contributed by atoms with E-state index in [4.69, 9.17) is 0 Å². The maximum absolute atomic E-state index is 12.4. The Balaban J connectivity index is 1.38. The lowest BCUT2D eigenvalue weighted by atomic mass is 10.1. The van der Waals surface area contributed by atoms with Crippen LogP contribution in [-0.4, -0.2) is 33.0 Å². The number of pyridine rings is 1. The molecule has 1 aliphatic rings. The third kappa shape index (κ3) is 5.39. The van der Waals surface area contributed by atoms with E-state index in [1.54, 1.807) is 0 Å². The summed E-state index contributed by atoms with van der Waals surface area (Å²) in [5.41, 5.74) is 2.68. The standard InChI is InChI=1S/C23H29N7O/c1-2-24-23(26-16-21-29-28-20-12-5-6-13-30(20)21)25-15-17-8-7-11-19(14-17)27-22(31)18-9-3-4-10-18/h5-8,11-14,18H,2-4,9-10,15-16H2,1H3,(H,27,31)(H2,24,25,26). The Morgan fingerprint density at radius 1 is 1.13 bits per heavy atom. The summed E-state index contributed by atoms with van der Waals surface area (Å²) in [4.78, 5) is 17.1. The van der Waals surface area contributed by atoms with Gasteiger partial charge in [0.15, 0.2) is 17.4 Å². The number of carbonyl (C=O) groups excluding carboxylic acids is 1. The molecule has 1 fully saturated rings. The van der Waals surface area contributed by atoms with Gasteiger partial charge in [0.25, 0.3) is 0 Å². The summed E-state index contributed by atoms with van der Waals surface area (Å²) in [6, 6.07) is 13.7. The highest BCUT2D eigenvalue weighted by Crippen LogP contribution is 2.26. The van der Waals surface area contributed by atoms with Gasteiger partial charge in [0, 0.05) is 24.3 Å². The second kappa shape index (κ2) is 10.1. The highest BCUT2D eigenvalue weighted by Gasteiger charge is 2.22. The molecule has 0 radical (unpaired) electrons. The van der Waals surface area contributed by atoms with Gasteiger partial charge in [0.1, 0.15) is 0 Å². The number of anilines is 1. The molecule has 0 atom stereocenters. The summed E-state index contributed by atoms with van der Waals surface area (Å²) in [5, 5.41) is 18.1. The van der Waals surface area contributed by atoms with Crippen molar-refractivity contribution in [3.8, 4) is 0 Å². The van der Waals surface area contributed by atoms with Crippen LogP contribution in [0.2, 0.25) is 0 Å². The van der Waals surface area contributed by atoms with E-state index >= 15 is 0 Å². The molecular weight excluding hydrogens is 390 g/mol. The minimum atomic E-state index is 0.133. The number of hydrogen-bond donors (Lipinski definition) is 3. The number of nitrogens with zero attached hydrogens (tertiary/aromatic N) is 4. The summed E-state index contributed by atoms with van der Waals surface area (Å²) >= 11 is 0. The van der Waals surface area contributed by atoms with Crippen LogP contribution >= 0.6 is 0 Å². The number of guanidine groups is 1. The zero-order chi connectivity index (χ0) is 21.5. The van der Waals surface area contributed by atoms with Crippen LogP contribution in [0.1, 0.15) is 44.0 Å². The molecule has 2 aromatic heterocycles. The van der Waals surface area contributed by atoms with E-state index in [1.807, 2.05) is 60.0 Å². The van der Waals surface area contributed by atoms with E-state index in [0.29, 0.717) is 19.0 Å². The molecule has 3 N–H and O–H groups in total. The molecule has 1 aliphatic carbocycles. The van der Waals surface area contributed by atoms with Gasteiger partial charge in [0.05, 0.1) is 13.1 Å². The van der Waals surface area contributed by atoms with Crippen molar-refractivity contribution in [2.75, 3.05) is 11.9 Å². The molecule has 2 heterocycles. The first-order valence-corrected chi connectivity index (χ1v) is 10.9. The molecule has 3 aromatic rings. The first-order chi connectivity index (χ1) is 15.2. The topological polar surface area (TPSA) is 95.7 Å². The summed E-state index contributed by atoms with van der Waals surface area (Å²) in [7, 11) is 0. The second-order valence-corrected chi connectivity index (χ2v) is 7.76. The Morgan fingerprint density at radius 3 is 2.84 bits per heavy atom. The Hall–Kier alpha value is -3.42. The number of benzene rings is 1. The number of aromatic nitrogens is 3. The molecule has 31 heavy (non-hydrogen) atoms. The van der Waals surface area contributed by atoms with Crippen molar-refractivity contribution in [2.24, 2.45) is 10.9 Å². The van der Waals surface area contributed by atoms with Crippen LogP contribution in [0.15, 0.2) is 53.7 Å². The van der Waals surface area contributed by atoms with Gasteiger partial charge in [-0.1, -0.05) is 31.0 Å². The lowest BCUT2D eigenvalue weighted by molar-refractivity contribution is -0.119. The number of fused-ring (bicyclic) bond motifs is 1. The molecule has 1 amide bonds. The van der Waals surface area contributed by atoms with Crippen molar-refractivity contribution in [2.45, 2.75) is 45.7 Å². The lowest BCUT2D eigenvalue weighted by Gasteiger charge is -2.12. The van der Waals surface area contributed by atoms with Crippen LogP contribution in [0.4, 0.5) is 5.69 Å². The predicted molar refractivity (Wildman–Crippen MR) is 122 cm³/mol. The van der Waals surface area contributed by atoms with Gasteiger partial charge in [-0.3, -0.25) is 9.20 Å². The Kier molecular flexibility index (Phi) is 6.76. The zero-order valence-corrected chi connectivity index (χ0v) is 17.8. The lowest BCUT2D eigenvalue weighted by Crippen LogP contribution is -2.37. The van der Waals surface area contributed by atoms with Crippen molar-refractivity contribution in [3.63, 3.8) is 0 Å². The van der Waals surface area contributed by atoms with Gasteiger partial charge < -0.3 is 16.0 Å². The molecule has 0 bridgehead atoms. The van der Waals surface area contributed by atoms with Crippen LogP contribution in [0.25, 0.3) is 5.65 Å². The van der Waals surface area contributed by atoms with E-state index < -0.39 is 0 Å². The summed E-state index contributed by atoms with van der Waals surface area (Å²) in [6.45, 7) is 3.80. The minimum Gasteiger partial charge on any atom is -0.357 e. The second-order valence-electron chi connectivity index (χ2n) is 7.76. The molecule has 0 aliphatic heterocycles. The van der Waals surface area contributed by atoms with Gasteiger partial charge in [-0.2, -0.15) is 0 Å². The van der Waals surface area contributed by atoms with Gasteiger partial charge >= 0.3 is 0 Å². The van der Waals surface area contributed by atoms with E-state index in [0.717, 1.165) is 55.0 Å². The van der Waals surface area contributed by atoms with E-state index in [9.17, 15) is 4.79 Å². The molecule has 0 saturated heterocycles. The number of amides is 1. The monoisotopic (exact) mass is 419 g/mol. The zero-order valence-electron chi connectivity index (χ0n) is 17.8. The fourth-order valence-corrected chi connectivity index (χ4v) is 3.87. The average Bonchev–Trinajstić information content (AvgIpc) is 3.46. The minimum absolute atomic E-state index is 0.133. The third-order valence-corrected chi connectivity index (χ3v) is 5.48. The van der Waals surface area contributed by atoms with Gasteiger partial charge in [-0.15, -0.1) is 10.2 Å². The van der Waals surface area contributed by atoms with Gasteiger partial charge in [-0.25, -0.2) is 4.99 Å². The first kappa shape index (κ1) is 20.8. The van der Waals surface area contributed by atoms with Crippen molar-refractivity contribution < 1.29 is 4.79 Å². The third-order valence-electron chi connectivity index (χ3n) is 5.48. The van der Waals surface area contributed by atoms with Crippen LogP contribution in [0.3, 0.4) is 0 Å². The normalized spacial score (nSPS) is 14.7. The Bertz CT molecular complexity index is 1050. The van der Waals surface area contributed by atoms with Gasteiger partial charge in [0.2, 0.25) is 5.91 Å². The first-order valence-electron chi connectivity index (χ1n) is 10.9. The number of aliphatic imine (C=N–C) groups is 1. The highest BCUT2D eigenvalue weighted by atomic mass is 16.1. The summed E-state index contributed by atoms with van der Waals surface area (Å²) in [5.74, 6) is 1.81. The fraction of sp³-hybridized carbons (Fsp3) is 0.391. The summed E-state index contributed by atoms with van der Waals surface area (Å²) < 4.78 is 1.95. The fourth-order valence-electron chi connectivity index (χ4n) is 3.87. The quantitative estimate of drug-likeness (QED) is 0.404. The van der Waals surface area contributed by atoms with Crippen molar-refractivity contribution in [1.29, 1.82) is 0 Å². The molecule has 1 aromatic carbocycles.